The summed E-state index contributed by atoms with van der Waals surface area (Å²) in [6, 6.07) is 7.99. The molecular formula is C13H18N4S. The highest BCUT2D eigenvalue weighted by Gasteiger charge is 2.10. The van der Waals surface area contributed by atoms with Crippen LogP contribution in [0.5, 0.6) is 0 Å². The van der Waals surface area contributed by atoms with Crippen LogP contribution < -0.4 is 10.6 Å². The summed E-state index contributed by atoms with van der Waals surface area (Å²) in [7, 11) is 0. The van der Waals surface area contributed by atoms with E-state index in [9.17, 15) is 0 Å². The molecule has 0 spiro atoms. The van der Waals surface area contributed by atoms with Gasteiger partial charge in [0, 0.05) is 30.3 Å². The van der Waals surface area contributed by atoms with E-state index in [1.807, 2.05) is 19.1 Å². The number of hydrogen-bond acceptors (Lipinski definition) is 5. The van der Waals surface area contributed by atoms with E-state index in [0.717, 1.165) is 36.2 Å². The predicted octanol–water partition coefficient (Wildman–Crippen LogP) is 2.85. The third-order valence-corrected chi connectivity index (χ3v) is 3.50. The third-order valence-electron chi connectivity index (χ3n) is 2.63. The molecule has 2 N–H and O–H groups in total. The topological polar surface area (TPSA) is 55.0 Å². The summed E-state index contributed by atoms with van der Waals surface area (Å²) in [6.07, 6.45) is 1.09. The molecule has 0 radical (unpaired) electrons. The number of benzene rings is 1. The molecule has 0 unspecified atom stereocenters. The molecule has 1 aromatic carbocycles. The summed E-state index contributed by atoms with van der Waals surface area (Å²) < 4.78 is 4.24. The van der Waals surface area contributed by atoms with E-state index in [0.29, 0.717) is 0 Å². The highest BCUT2D eigenvalue weighted by molar-refractivity contribution is 7.09. The van der Waals surface area contributed by atoms with Crippen molar-refractivity contribution >= 4 is 22.4 Å². The molecule has 0 saturated heterocycles. The van der Waals surface area contributed by atoms with E-state index in [1.54, 1.807) is 0 Å². The van der Waals surface area contributed by atoms with Crippen molar-refractivity contribution in [1.29, 1.82) is 0 Å². The highest BCUT2D eigenvalue weighted by atomic mass is 32.1. The van der Waals surface area contributed by atoms with Crippen molar-refractivity contribution in [3.05, 3.63) is 35.7 Å². The van der Waals surface area contributed by atoms with Gasteiger partial charge in [-0.25, -0.2) is 4.98 Å². The summed E-state index contributed by atoms with van der Waals surface area (Å²) in [4.78, 5) is 6.71. The van der Waals surface area contributed by atoms with E-state index in [2.05, 4.69) is 33.3 Å². The van der Waals surface area contributed by atoms with Gasteiger partial charge >= 0.3 is 0 Å². The van der Waals surface area contributed by atoms with Gasteiger partial charge < -0.3 is 10.6 Å². The van der Waals surface area contributed by atoms with Crippen molar-refractivity contribution in [3.63, 3.8) is 0 Å². The number of hydrogen-bond donors (Lipinski definition) is 1. The second kappa shape index (κ2) is 5.82. The normalized spacial score (nSPS) is 10.6. The molecule has 0 atom stereocenters. The van der Waals surface area contributed by atoms with Gasteiger partial charge in [0.2, 0.25) is 5.13 Å². The van der Waals surface area contributed by atoms with Gasteiger partial charge in [0.05, 0.1) is 0 Å². The van der Waals surface area contributed by atoms with E-state index in [4.69, 9.17) is 5.73 Å². The van der Waals surface area contributed by atoms with Gasteiger partial charge in [0.25, 0.3) is 0 Å². The van der Waals surface area contributed by atoms with E-state index >= 15 is 0 Å². The van der Waals surface area contributed by atoms with Gasteiger partial charge in [0.1, 0.15) is 5.82 Å². The number of nitrogens with zero attached hydrogens (tertiary/aromatic N) is 3. The standard InChI is InChI=1S/C13H18N4S/c1-3-8-17(13-15-10(2)16-18-13)9-11-4-6-12(14)7-5-11/h4-7H,3,8-9,14H2,1-2H3. The number of anilines is 2. The largest absolute Gasteiger partial charge is 0.399 e. The number of nitrogen functional groups attached to an aromatic ring is 1. The molecule has 0 aliphatic heterocycles. The van der Waals surface area contributed by atoms with Gasteiger partial charge in [-0.3, -0.25) is 0 Å². The van der Waals surface area contributed by atoms with Gasteiger partial charge in [-0.05, 0) is 31.0 Å². The van der Waals surface area contributed by atoms with Crippen molar-refractivity contribution in [3.8, 4) is 0 Å². The van der Waals surface area contributed by atoms with Crippen molar-refractivity contribution in [2.75, 3.05) is 17.2 Å². The van der Waals surface area contributed by atoms with Crippen LogP contribution in [0.4, 0.5) is 10.8 Å². The summed E-state index contributed by atoms with van der Waals surface area (Å²) in [5.74, 6) is 0.841. The van der Waals surface area contributed by atoms with Crippen molar-refractivity contribution in [2.24, 2.45) is 0 Å². The quantitative estimate of drug-likeness (QED) is 0.842. The minimum atomic E-state index is 0.799. The van der Waals surface area contributed by atoms with Gasteiger partial charge in [0.15, 0.2) is 0 Å². The maximum atomic E-state index is 5.70. The predicted molar refractivity (Wildman–Crippen MR) is 76.8 cm³/mol. The van der Waals surface area contributed by atoms with E-state index in [-0.39, 0.29) is 0 Å². The van der Waals surface area contributed by atoms with Crippen LogP contribution in [0.15, 0.2) is 24.3 Å². The maximum Gasteiger partial charge on any atom is 0.205 e. The Morgan fingerprint density at radius 3 is 2.56 bits per heavy atom. The van der Waals surface area contributed by atoms with Crippen LogP contribution in [-0.4, -0.2) is 15.9 Å². The first-order valence-corrected chi connectivity index (χ1v) is 6.86. The lowest BCUT2D eigenvalue weighted by Gasteiger charge is -2.20. The smallest absolute Gasteiger partial charge is 0.205 e. The van der Waals surface area contributed by atoms with Gasteiger partial charge in [-0.1, -0.05) is 19.1 Å². The Kier molecular flexibility index (Phi) is 4.15. The van der Waals surface area contributed by atoms with Crippen LogP contribution in [-0.2, 0) is 6.54 Å². The van der Waals surface area contributed by atoms with Crippen molar-refractivity contribution < 1.29 is 0 Å². The average Bonchev–Trinajstić information content (AvgIpc) is 2.78. The molecule has 4 nitrogen and oxygen atoms in total. The molecule has 0 fully saturated rings. The van der Waals surface area contributed by atoms with Crippen LogP contribution in [0.25, 0.3) is 0 Å². The molecule has 5 heteroatoms. The molecule has 2 aromatic rings. The second-order valence-electron chi connectivity index (χ2n) is 4.29. The molecule has 0 aliphatic carbocycles. The Morgan fingerprint density at radius 2 is 2.00 bits per heavy atom. The average molecular weight is 262 g/mol. The number of aromatic nitrogens is 2. The summed E-state index contributed by atoms with van der Waals surface area (Å²) in [6.45, 7) is 5.93. The fraction of sp³-hybridized carbons (Fsp3) is 0.385. The zero-order chi connectivity index (χ0) is 13.0. The Hall–Kier alpha value is -1.62. The molecule has 0 aliphatic rings. The summed E-state index contributed by atoms with van der Waals surface area (Å²) in [5, 5.41) is 0.992. The zero-order valence-electron chi connectivity index (χ0n) is 10.8. The van der Waals surface area contributed by atoms with E-state index < -0.39 is 0 Å². The number of nitrogens with two attached hydrogens (primary N) is 1. The minimum absolute atomic E-state index is 0.799. The molecule has 18 heavy (non-hydrogen) atoms. The summed E-state index contributed by atoms with van der Waals surface area (Å²) >= 11 is 1.46. The lowest BCUT2D eigenvalue weighted by molar-refractivity contribution is 0.762. The Balaban J connectivity index is 2.13. The lowest BCUT2D eigenvalue weighted by Crippen LogP contribution is -2.23. The Labute approximate surface area is 112 Å². The molecular weight excluding hydrogens is 244 g/mol. The first-order valence-electron chi connectivity index (χ1n) is 6.08. The maximum absolute atomic E-state index is 5.70. The van der Waals surface area contributed by atoms with Crippen molar-refractivity contribution in [1.82, 2.24) is 9.36 Å². The lowest BCUT2D eigenvalue weighted by atomic mass is 10.2. The fourth-order valence-corrected chi connectivity index (χ4v) is 2.47. The van der Waals surface area contributed by atoms with Crippen LogP contribution in [0.2, 0.25) is 0 Å². The zero-order valence-corrected chi connectivity index (χ0v) is 11.6. The molecule has 1 heterocycles. The molecule has 1 aromatic heterocycles. The minimum Gasteiger partial charge on any atom is -0.399 e. The fourth-order valence-electron chi connectivity index (χ4n) is 1.77. The molecule has 2 rings (SSSR count). The van der Waals surface area contributed by atoms with Gasteiger partial charge in [-0.2, -0.15) is 4.37 Å². The van der Waals surface area contributed by atoms with Crippen LogP contribution >= 0.6 is 11.5 Å². The van der Waals surface area contributed by atoms with Gasteiger partial charge in [-0.15, -0.1) is 0 Å². The van der Waals surface area contributed by atoms with E-state index in [1.165, 1.54) is 17.1 Å². The molecule has 0 bridgehead atoms. The molecule has 0 amide bonds. The number of rotatable bonds is 5. The third kappa shape index (κ3) is 3.20. The van der Waals surface area contributed by atoms with Crippen LogP contribution in [0.3, 0.4) is 0 Å². The molecule has 96 valence electrons. The van der Waals surface area contributed by atoms with Crippen LogP contribution in [0, 0.1) is 6.92 Å². The second-order valence-corrected chi connectivity index (χ2v) is 5.02. The first-order chi connectivity index (χ1) is 8.69. The molecule has 0 saturated carbocycles. The number of aryl methyl sites for hydroxylation is 1. The summed E-state index contributed by atoms with van der Waals surface area (Å²) in [5.41, 5.74) is 7.74. The monoisotopic (exact) mass is 262 g/mol. The Morgan fingerprint density at radius 1 is 1.28 bits per heavy atom. The highest BCUT2D eigenvalue weighted by Crippen LogP contribution is 2.20. The van der Waals surface area contributed by atoms with Crippen molar-refractivity contribution in [2.45, 2.75) is 26.8 Å². The first kappa shape index (κ1) is 12.8. The Bertz CT molecular complexity index is 492. The SMILES string of the molecule is CCCN(Cc1ccc(N)cc1)c1nc(C)ns1. The van der Waals surface area contributed by atoms with Crippen LogP contribution in [0.1, 0.15) is 24.7 Å².